The molecule has 0 radical (unpaired) electrons. The highest BCUT2D eigenvalue weighted by Gasteiger charge is 2.33. The highest BCUT2D eigenvalue weighted by atomic mass is 35.5. The molecule has 2 amide bonds. The summed E-state index contributed by atoms with van der Waals surface area (Å²) in [6, 6.07) is 14.2. The fourth-order valence-electron chi connectivity index (χ4n) is 4.04. The zero-order valence-corrected chi connectivity index (χ0v) is 26.1. The molecule has 8 nitrogen and oxygen atoms in total. The second-order valence-electron chi connectivity index (χ2n) is 9.61. The van der Waals surface area contributed by atoms with Crippen molar-refractivity contribution in [3.63, 3.8) is 0 Å². The average Bonchev–Trinajstić information content (AvgIpc) is 2.96. The summed E-state index contributed by atoms with van der Waals surface area (Å²) in [5.74, 6) is -1.20. The third-order valence-electron chi connectivity index (χ3n) is 6.67. The second kappa shape index (κ2) is 14.7. The summed E-state index contributed by atoms with van der Waals surface area (Å²) < 4.78 is 47.7. The van der Waals surface area contributed by atoms with Gasteiger partial charge in [0.25, 0.3) is 10.0 Å². The van der Waals surface area contributed by atoms with Gasteiger partial charge in [-0.25, -0.2) is 12.8 Å². The smallest absolute Gasteiger partial charge is 0.264 e. The van der Waals surface area contributed by atoms with Crippen molar-refractivity contribution < 1.29 is 27.1 Å². The molecule has 0 spiro atoms. The monoisotopic (exact) mass is 637 g/mol. The second-order valence-corrected chi connectivity index (χ2v) is 12.3. The van der Waals surface area contributed by atoms with E-state index in [1.165, 1.54) is 17.0 Å². The largest absolute Gasteiger partial charge is 0.494 e. The van der Waals surface area contributed by atoms with E-state index in [0.29, 0.717) is 24.3 Å². The summed E-state index contributed by atoms with van der Waals surface area (Å²) in [6.07, 6.45) is 0.671. The molecule has 0 aliphatic heterocycles. The molecular formula is C30H34Cl2FN3O5S. The van der Waals surface area contributed by atoms with Crippen LogP contribution in [0.3, 0.4) is 0 Å². The highest BCUT2D eigenvalue weighted by Crippen LogP contribution is 2.29. The van der Waals surface area contributed by atoms with E-state index in [9.17, 15) is 22.4 Å². The van der Waals surface area contributed by atoms with Crippen molar-refractivity contribution in [3.8, 4) is 5.75 Å². The van der Waals surface area contributed by atoms with Gasteiger partial charge in [-0.15, -0.1) is 0 Å². The molecule has 0 bridgehead atoms. The number of nitrogens with one attached hydrogen (secondary N) is 1. The van der Waals surface area contributed by atoms with E-state index >= 15 is 0 Å². The lowest BCUT2D eigenvalue weighted by atomic mass is 10.1. The first-order valence-corrected chi connectivity index (χ1v) is 15.6. The summed E-state index contributed by atoms with van der Waals surface area (Å²) in [5, 5.41) is 3.44. The van der Waals surface area contributed by atoms with Crippen LogP contribution < -0.4 is 14.4 Å². The summed E-state index contributed by atoms with van der Waals surface area (Å²) in [5.41, 5.74) is 0.579. The first-order valence-electron chi connectivity index (χ1n) is 13.4. The molecule has 3 aromatic rings. The fourth-order valence-corrected chi connectivity index (χ4v) is 5.97. The van der Waals surface area contributed by atoms with Crippen molar-refractivity contribution in [1.82, 2.24) is 10.2 Å². The number of carbonyl (C=O) groups excluding carboxylic acids is 2. The zero-order chi connectivity index (χ0) is 31.0. The molecule has 3 aromatic carbocycles. The molecule has 42 heavy (non-hydrogen) atoms. The number of halogens is 3. The van der Waals surface area contributed by atoms with E-state index in [1.807, 2.05) is 20.8 Å². The van der Waals surface area contributed by atoms with Gasteiger partial charge < -0.3 is 15.0 Å². The van der Waals surface area contributed by atoms with Gasteiger partial charge in [0.1, 0.15) is 24.2 Å². The Morgan fingerprint density at radius 2 is 1.55 bits per heavy atom. The molecule has 12 heteroatoms. The van der Waals surface area contributed by atoms with E-state index in [2.05, 4.69) is 5.32 Å². The number of ether oxygens (including phenoxy) is 1. The normalized spacial score (nSPS) is 12.7. The third kappa shape index (κ3) is 8.14. The molecule has 0 heterocycles. The minimum Gasteiger partial charge on any atom is -0.494 e. The van der Waals surface area contributed by atoms with Crippen molar-refractivity contribution in [2.24, 2.45) is 0 Å². The van der Waals surface area contributed by atoms with Gasteiger partial charge in [0, 0.05) is 28.2 Å². The maximum absolute atomic E-state index is 14.0. The van der Waals surface area contributed by atoms with E-state index in [-0.39, 0.29) is 33.2 Å². The Hall–Kier alpha value is -3.34. The van der Waals surface area contributed by atoms with Gasteiger partial charge in [0.15, 0.2) is 0 Å². The van der Waals surface area contributed by atoms with Crippen LogP contribution in [0.2, 0.25) is 10.0 Å². The predicted molar refractivity (Wildman–Crippen MR) is 163 cm³/mol. The van der Waals surface area contributed by atoms with Gasteiger partial charge in [-0.1, -0.05) is 36.2 Å². The number of sulfonamides is 1. The lowest BCUT2D eigenvalue weighted by Crippen LogP contribution is -2.52. The Bertz CT molecular complexity index is 1470. The van der Waals surface area contributed by atoms with Crippen molar-refractivity contribution in [2.45, 2.75) is 57.6 Å². The maximum atomic E-state index is 14.0. The van der Waals surface area contributed by atoms with Gasteiger partial charge in [0.05, 0.1) is 17.2 Å². The SMILES string of the molecule is CCOc1ccc(N(CC(=O)N(Cc2c(Cl)cccc2Cl)[C@@H](C)C(=O)N[C@@H](C)CC)S(=O)(=O)c2ccc(F)cc2)cc1. The van der Waals surface area contributed by atoms with Crippen molar-refractivity contribution in [1.29, 1.82) is 0 Å². The number of anilines is 1. The summed E-state index contributed by atoms with van der Waals surface area (Å²) in [7, 11) is -4.36. The van der Waals surface area contributed by atoms with Gasteiger partial charge in [-0.05, 0) is 87.9 Å². The molecule has 1 N–H and O–H groups in total. The van der Waals surface area contributed by atoms with Crippen LogP contribution in [0.5, 0.6) is 5.75 Å². The van der Waals surface area contributed by atoms with Crippen LogP contribution in [0.15, 0.2) is 71.6 Å². The van der Waals surface area contributed by atoms with Crippen LogP contribution >= 0.6 is 23.2 Å². The molecule has 2 atom stereocenters. The topological polar surface area (TPSA) is 96.0 Å². The Kier molecular flexibility index (Phi) is 11.6. The molecule has 226 valence electrons. The minimum atomic E-state index is -4.36. The van der Waals surface area contributed by atoms with Crippen LogP contribution in [0.1, 0.15) is 39.7 Å². The summed E-state index contributed by atoms with van der Waals surface area (Å²) in [6.45, 7) is 6.70. The quantitative estimate of drug-likeness (QED) is 0.246. The van der Waals surface area contributed by atoms with Gasteiger partial charge in [-0.2, -0.15) is 0 Å². The molecule has 0 fully saturated rings. The molecule has 0 aliphatic rings. The Morgan fingerprint density at radius 1 is 0.952 bits per heavy atom. The Balaban J connectivity index is 2.07. The van der Waals surface area contributed by atoms with Crippen molar-refractivity contribution >= 4 is 50.7 Å². The number of benzene rings is 3. The number of carbonyl (C=O) groups is 2. The number of hydrogen-bond acceptors (Lipinski definition) is 5. The molecule has 0 aromatic heterocycles. The molecule has 0 saturated heterocycles. The zero-order valence-electron chi connectivity index (χ0n) is 23.8. The average molecular weight is 639 g/mol. The number of rotatable bonds is 13. The van der Waals surface area contributed by atoms with Crippen LogP contribution in [-0.4, -0.2) is 50.4 Å². The molecule has 0 saturated carbocycles. The van der Waals surface area contributed by atoms with Gasteiger partial charge >= 0.3 is 0 Å². The summed E-state index contributed by atoms with van der Waals surface area (Å²) in [4.78, 5) is 28.2. The fraction of sp³-hybridized carbons (Fsp3) is 0.333. The van der Waals surface area contributed by atoms with Crippen LogP contribution in [0.4, 0.5) is 10.1 Å². The molecule has 3 rings (SSSR count). The first kappa shape index (κ1) is 33.2. The number of nitrogens with zero attached hydrogens (tertiary/aromatic N) is 2. The molecule has 0 unspecified atom stereocenters. The maximum Gasteiger partial charge on any atom is 0.264 e. The lowest BCUT2D eigenvalue weighted by Gasteiger charge is -2.33. The Morgan fingerprint density at radius 3 is 2.10 bits per heavy atom. The standard InChI is InChI=1S/C30H34Cl2FN3O5S/c1-5-20(3)34-30(38)21(4)35(18-26-27(31)8-7-9-28(26)32)29(37)19-36(23-12-14-24(15-13-23)41-6-2)42(39,40)25-16-10-22(33)11-17-25/h7-17,20-21H,5-6,18-19H2,1-4H3,(H,34,38)/t20-,21-/m0/s1. The van der Waals surface area contributed by atoms with Gasteiger partial charge in [0.2, 0.25) is 11.8 Å². The van der Waals surface area contributed by atoms with Crippen LogP contribution in [-0.2, 0) is 26.2 Å². The van der Waals surface area contributed by atoms with Crippen molar-refractivity contribution in [2.75, 3.05) is 17.5 Å². The predicted octanol–water partition coefficient (Wildman–Crippen LogP) is 6.06. The minimum absolute atomic E-state index is 0.153. The molecule has 0 aliphatic carbocycles. The van der Waals surface area contributed by atoms with E-state index in [0.717, 1.165) is 28.6 Å². The third-order valence-corrected chi connectivity index (χ3v) is 9.17. The van der Waals surface area contributed by atoms with E-state index in [4.69, 9.17) is 27.9 Å². The highest BCUT2D eigenvalue weighted by molar-refractivity contribution is 7.92. The summed E-state index contributed by atoms with van der Waals surface area (Å²) >= 11 is 12.8. The number of amides is 2. The lowest BCUT2D eigenvalue weighted by molar-refractivity contribution is -0.139. The molecular weight excluding hydrogens is 604 g/mol. The van der Waals surface area contributed by atoms with E-state index in [1.54, 1.807) is 37.3 Å². The van der Waals surface area contributed by atoms with Gasteiger partial charge in [-0.3, -0.25) is 13.9 Å². The van der Waals surface area contributed by atoms with Crippen LogP contribution in [0, 0.1) is 5.82 Å². The first-order chi connectivity index (χ1) is 19.9. The van der Waals surface area contributed by atoms with Crippen LogP contribution in [0.25, 0.3) is 0 Å². The van der Waals surface area contributed by atoms with E-state index < -0.39 is 40.2 Å². The number of hydrogen-bond donors (Lipinski definition) is 1. The Labute approximate surface area is 256 Å². The van der Waals surface area contributed by atoms with Crippen molar-refractivity contribution in [3.05, 3.63) is 88.2 Å².